The summed E-state index contributed by atoms with van der Waals surface area (Å²) < 4.78 is 4.89. The van der Waals surface area contributed by atoms with Crippen molar-refractivity contribution in [3.05, 3.63) is 34.9 Å². The molecule has 72 valence electrons. The number of carbonyl (C=O) groups excluding carboxylic acids is 2. The van der Waals surface area contributed by atoms with Crippen LogP contribution < -0.4 is 0 Å². The Morgan fingerprint density at radius 1 is 1.50 bits per heavy atom. The highest BCUT2D eigenvalue weighted by Gasteiger charge is 2.32. The number of hydrogen-bond acceptors (Lipinski definition) is 3. The first kappa shape index (κ1) is 9.68. The minimum atomic E-state index is -0.652. The number of hydrogen-bond donors (Lipinski definition) is 0. The molecule has 1 aromatic rings. The summed E-state index contributed by atoms with van der Waals surface area (Å²) in [5, 5.41) is -1.14. The van der Waals surface area contributed by atoms with Crippen LogP contribution >= 0.6 is 27.5 Å². The van der Waals surface area contributed by atoms with Crippen LogP contribution in [0.5, 0.6) is 0 Å². The standard InChI is InChI=1S/C9H4BrClO3/c10-7-4-2-1-3-5(8(11)12)6(4)9(13)14-7/h1-3,7H. The summed E-state index contributed by atoms with van der Waals surface area (Å²) in [7, 11) is 0. The Morgan fingerprint density at radius 2 is 2.21 bits per heavy atom. The molecule has 1 unspecified atom stereocenters. The van der Waals surface area contributed by atoms with Gasteiger partial charge < -0.3 is 4.74 Å². The molecule has 0 saturated carbocycles. The third-order valence-electron chi connectivity index (χ3n) is 1.97. The van der Waals surface area contributed by atoms with Crippen molar-refractivity contribution in [2.24, 2.45) is 0 Å². The molecule has 14 heavy (non-hydrogen) atoms. The number of benzene rings is 1. The van der Waals surface area contributed by atoms with Crippen LogP contribution in [0, 0.1) is 0 Å². The molecule has 2 rings (SSSR count). The lowest BCUT2D eigenvalue weighted by molar-refractivity contribution is 0.0528. The average molecular weight is 275 g/mol. The average Bonchev–Trinajstić information content (AvgIpc) is 2.43. The van der Waals surface area contributed by atoms with E-state index in [2.05, 4.69) is 15.9 Å². The second kappa shape index (κ2) is 3.37. The van der Waals surface area contributed by atoms with E-state index in [1.165, 1.54) is 6.07 Å². The van der Waals surface area contributed by atoms with Crippen LogP contribution in [0.3, 0.4) is 0 Å². The largest absolute Gasteiger partial charge is 0.442 e. The number of fused-ring (bicyclic) bond motifs is 1. The van der Waals surface area contributed by atoms with Crippen molar-refractivity contribution in [3.63, 3.8) is 0 Å². The molecular weight excluding hydrogens is 271 g/mol. The number of cyclic esters (lactones) is 1. The number of alkyl halides is 1. The van der Waals surface area contributed by atoms with E-state index in [0.717, 1.165) is 0 Å². The van der Waals surface area contributed by atoms with Gasteiger partial charge in [-0.15, -0.1) is 0 Å². The van der Waals surface area contributed by atoms with Gasteiger partial charge in [0.05, 0.1) is 5.56 Å². The molecule has 0 bridgehead atoms. The summed E-state index contributed by atoms with van der Waals surface area (Å²) in [6, 6.07) is 4.87. The monoisotopic (exact) mass is 274 g/mol. The van der Waals surface area contributed by atoms with Gasteiger partial charge in [0.15, 0.2) is 5.01 Å². The Morgan fingerprint density at radius 3 is 2.86 bits per heavy atom. The van der Waals surface area contributed by atoms with Gasteiger partial charge >= 0.3 is 5.97 Å². The highest BCUT2D eigenvalue weighted by molar-refractivity contribution is 9.09. The molecule has 3 nitrogen and oxygen atoms in total. The SMILES string of the molecule is O=C(Cl)c1cccc2c1C(=O)OC2Br. The van der Waals surface area contributed by atoms with E-state index in [9.17, 15) is 9.59 Å². The van der Waals surface area contributed by atoms with Gasteiger partial charge in [0.25, 0.3) is 5.24 Å². The molecule has 0 spiro atoms. The minimum Gasteiger partial charge on any atom is -0.442 e. The topological polar surface area (TPSA) is 43.4 Å². The predicted octanol–water partition coefficient (Wildman–Crippen LogP) is 2.63. The van der Waals surface area contributed by atoms with Crippen LogP contribution in [-0.2, 0) is 4.74 Å². The molecule has 0 saturated heterocycles. The molecule has 1 aliphatic rings. The van der Waals surface area contributed by atoms with Gasteiger partial charge in [-0.3, -0.25) is 4.79 Å². The fourth-order valence-electron chi connectivity index (χ4n) is 1.37. The highest BCUT2D eigenvalue weighted by Crippen LogP contribution is 2.36. The van der Waals surface area contributed by atoms with Crippen molar-refractivity contribution in [3.8, 4) is 0 Å². The van der Waals surface area contributed by atoms with Crippen molar-refractivity contribution in [1.82, 2.24) is 0 Å². The van der Waals surface area contributed by atoms with Crippen molar-refractivity contribution in [2.75, 3.05) is 0 Å². The first-order valence-corrected chi connectivity index (χ1v) is 5.08. The predicted molar refractivity (Wildman–Crippen MR) is 53.7 cm³/mol. The van der Waals surface area contributed by atoms with Gasteiger partial charge in [-0.25, -0.2) is 4.79 Å². The molecule has 1 aliphatic heterocycles. The zero-order chi connectivity index (χ0) is 10.3. The van der Waals surface area contributed by atoms with Gasteiger partial charge in [-0.05, 0) is 33.6 Å². The maximum Gasteiger partial charge on any atom is 0.340 e. The normalized spacial score (nSPS) is 19.0. The molecule has 0 aliphatic carbocycles. The van der Waals surface area contributed by atoms with Gasteiger partial charge in [-0.2, -0.15) is 0 Å². The molecule has 0 radical (unpaired) electrons. The van der Waals surface area contributed by atoms with Crippen LogP contribution in [0.2, 0.25) is 0 Å². The first-order valence-electron chi connectivity index (χ1n) is 3.79. The fraction of sp³-hybridized carbons (Fsp3) is 0.111. The summed E-state index contributed by atoms with van der Waals surface area (Å²) in [5.41, 5.74) is 1.09. The van der Waals surface area contributed by atoms with Gasteiger partial charge in [0.1, 0.15) is 0 Å². The lowest BCUT2D eigenvalue weighted by atomic mass is 10.0. The number of esters is 1. The summed E-state index contributed by atoms with van der Waals surface area (Å²) in [4.78, 5) is 22.3. The summed E-state index contributed by atoms with van der Waals surface area (Å²) in [6.07, 6.45) is 0. The molecule has 1 atom stereocenters. The third-order valence-corrected chi connectivity index (χ3v) is 2.85. The van der Waals surface area contributed by atoms with Crippen molar-refractivity contribution in [2.45, 2.75) is 5.01 Å². The second-order valence-corrected chi connectivity index (χ2v) is 3.94. The van der Waals surface area contributed by atoms with E-state index in [-0.39, 0.29) is 11.1 Å². The Bertz CT molecular complexity index is 430. The Balaban J connectivity index is 2.68. The Labute approximate surface area is 93.1 Å². The summed E-state index contributed by atoms with van der Waals surface area (Å²) in [5.74, 6) is -0.522. The summed E-state index contributed by atoms with van der Waals surface area (Å²) in [6.45, 7) is 0. The lowest BCUT2D eigenvalue weighted by Gasteiger charge is -2.00. The molecule has 0 fully saturated rings. The van der Waals surface area contributed by atoms with E-state index < -0.39 is 16.2 Å². The van der Waals surface area contributed by atoms with E-state index in [4.69, 9.17) is 16.3 Å². The van der Waals surface area contributed by atoms with Gasteiger partial charge in [0, 0.05) is 11.1 Å². The molecule has 1 heterocycles. The number of ether oxygens (including phenoxy) is 1. The lowest BCUT2D eigenvalue weighted by Crippen LogP contribution is -2.02. The quantitative estimate of drug-likeness (QED) is 0.449. The highest BCUT2D eigenvalue weighted by atomic mass is 79.9. The molecule has 1 aromatic carbocycles. The minimum absolute atomic E-state index is 0.191. The molecule has 5 heteroatoms. The summed E-state index contributed by atoms with van der Waals surface area (Å²) >= 11 is 8.50. The van der Waals surface area contributed by atoms with E-state index in [1.807, 2.05) is 0 Å². The van der Waals surface area contributed by atoms with Crippen LogP contribution in [0.25, 0.3) is 0 Å². The van der Waals surface area contributed by atoms with Crippen LogP contribution in [0.1, 0.15) is 31.3 Å². The van der Waals surface area contributed by atoms with Gasteiger partial charge in [0.2, 0.25) is 0 Å². The van der Waals surface area contributed by atoms with E-state index >= 15 is 0 Å². The van der Waals surface area contributed by atoms with Crippen LogP contribution in [-0.4, -0.2) is 11.2 Å². The molecule has 0 aromatic heterocycles. The first-order chi connectivity index (χ1) is 6.61. The third kappa shape index (κ3) is 1.35. The second-order valence-electron chi connectivity index (χ2n) is 2.76. The van der Waals surface area contributed by atoms with Crippen LogP contribution in [0.15, 0.2) is 18.2 Å². The Kier molecular flexibility index (Phi) is 2.33. The maximum absolute atomic E-state index is 11.3. The number of carbonyl (C=O) groups is 2. The van der Waals surface area contributed by atoms with Crippen molar-refractivity contribution < 1.29 is 14.3 Å². The van der Waals surface area contributed by atoms with Crippen molar-refractivity contribution >= 4 is 38.7 Å². The Hall–Kier alpha value is -0.870. The van der Waals surface area contributed by atoms with E-state index in [0.29, 0.717) is 5.56 Å². The number of rotatable bonds is 1. The fourth-order valence-corrected chi connectivity index (χ4v) is 2.08. The molecule has 0 amide bonds. The smallest absolute Gasteiger partial charge is 0.340 e. The zero-order valence-electron chi connectivity index (χ0n) is 6.79. The van der Waals surface area contributed by atoms with Crippen LogP contribution in [0.4, 0.5) is 0 Å². The molecule has 0 N–H and O–H groups in total. The zero-order valence-corrected chi connectivity index (χ0v) is 9.13. The maximum atomic E-state index is 11.3. The number of halogens is 2. The molecular formula is C9H4BrClO3. The van der Waals surface area contributed by atoms with Gasteiger partial charge in [-0.1, -0.05) is 12.1 Å². The van der Waals surface area contributed by atoms with Crippen molar-refractivity contribution in [1.29, 1.82) is 0 Å². The van der Waals surface area contributed by atoms with E-state index in [1.54, 1.807) is 12.1 Å².